The van der Waals surface area contributed by atoms with Gasteiger partial charge >= 0.3 is 11.9 Å². The predicted octanol–water partition coefficient (Wildman–Crippen LogP) is 3.84. The average molecular weight is 524 g/mol. The van der Waals surface area contributed by atoms with Crippen LogP contribution in [0, 0.1) is 0 Å². The molecule has 1 aromatic carbocycles. The minimum atomic E-state index is -2.27. The van der Waals surface area contributed by atoms with Crippen molar-refractivity contribution in [3.05, 3.63) is 72.7 Å². The molecule has 4 atom stereocenters. The van der Waals surface area contributed by atoms with E-state index in [9.17, 15) is 9.59 Å². The van der Waals surface area contributed by atoms with Gasteiger partial charge < -0.3 is 23.9 Å². The number of furan rings is 1. The van der Waals surface area contributed by atoms with Crippen LogP contribution in [0.15, 0.2) is 65.8 Å². The Morgan fingerprint density at radius 2 is 1.92 bits per heavy atom. The number of hydrogen-bond acceptors (Lipinski definition) is 10. The molecule has 3 aromatic heterocycles. The number of fused-ring (bicyclic) bond motifs is 1. The maximum absolute atomic E-state index is 16.6. The Labute approximate surface area is 216 Å². The number of carbonyl (C=O) groups is 2. The monoisotopic (exact) mass is 523 g/mol. The van der Waals surface area contributed by atoms with E-state index in [1.54, 1.807) is 42.7 Å². The first-order valence-corrected chi connectivity index (χ1v) is 11.9. The highest BCUT2D eigenvalue weighted by Crippen LogP contribution is 2.51. The van der Waals surface area contributed by atoms with Gasteiger partial charge in [0, 0.05) is 6.92 Å². The van der Waals surface area contributed by atoms with Gasteiger partial charge in [0.15, 0.2) is 34.5 Å². The molecule has 38 heavy (non-hydrogen) atoms. The molecular weight excluding hydrogens is 497 g/mol. The Morgan fingerprint density at radius 3 is 2.63 bits per heavy atom. The zero-order valence-corrected chi connectivity index (χ0v) is 21.0. The maximum Gasteiger partial charge on any atom is 0.338 e. The molecule has 198 valence electrons. The number of benzene rings is 1. The third kappa shape index (κ3) is 4.47. The molecule has 0 unspecified atom stereocenters. The number of anilines is 1. The molecule has 0 aliphatic carbocycles. The van der Waals surface area contributed by atoms with Crippen LogP contribution in [0.4, 0.5) is 10.2 Å². The average Bonchev–Trinajstić information content (AvgIpc) is 3.61. The molecule has 0 spiro atoms. The molecule has 1 aliphatic rings. The van der Waals surface area contributed by atoms with Crippen molar-refractivity contribution in [2.45, 2.75) is 50.9 Å². The number of alkyl halides is 1. The molecule has 0 bridgehead atoms. The Kier molecular flexibility index (Phi) is 6.57. The standard InChI is InChI=1S/C26H26FN5O6/c1-16(33)38-26(3)19(13-36-23(34)17-8-5-4-6-9-17)37-24(25(26,2)27)32-15-31-20-21(29-14-30-22(20)32)28-12-18-10-7-11-35-18/h4-11,14-15,19,24H,12-13H2,1-3H3,(H,28,29,30)/t19-,24-,25+,26-/m1/s1. The van der Waals surface area contributed by atoms with E-state index in [2.05, 4.69) is 20.3 Å². The fourth-order valence-corrected chi connectivity index (χ4v) is 4.51. The summed E-state index contributed by atoms with van der Waals surface area (Å²) >= 11 is 0. The summed E-state index contributed by atoms with van der Waals surface area (Å²) in [5, 5.41) is 3.13. The Hall–Kier alpha value is -4.32. The lowest BCUT2D eigenvalue weighted by atomic mass is 9.84. The van der Waals surface area contributed by atoms with Crippen LogP contribution in [0.1, 0.15) is 43.1 Å². The summed E-state index contributed by atoms with van der Waals surface area (Å²) in [5.41, 5.74) is -3.08. The molecule has 12 heteroatoms. The number of hydrogen-bond donors (Lipinski definition) is 1. The van der Waals surface area contributed by atoms with Crippen LogP contribution in [-0.4, -0.2) is 55.4 Å². The second-order valence-corrected chi connectivity index (χ2v) is 9.20. The van der Waals surface area contributed by atoms with Crippen LogP contribution in [0.25, 0.3) is 11.2 Å². The Bertz CT molecular complexity index is 1440. The number of nitrogens with zero attached hydrogens (tertiary/aromatic N) is 4. The number of imidazole rings is 1. The van der Waals surface area contributed by atoms with E-state index in [4.69, 9.17) is 18.6 Å². The first kappa shape index (κ1) is 25.3. The van der Waals surface area contributed by atoms with Crippen molar-refractivity contribution in [3.63, 3.8) is 0 Å². The molecule has 1 aliphatic heterocycles. The van der Waals surface area contributed by atoms with Gasteiger partial charge in [0.25, 0.3) is 0 Å². The van der Waals surface area contributed by atoms with Gasteiger partial charge in [0.1, 0.15) is 24.8 Å². The topological polar surface area (TPSA) is 131 Å². The van der Waals surface area contributed by atoms with Crippen molar-refractivity contribution in [2.24, 2.45) is 0 Å². The highest BCUT2D eigenvalue weighted by molar-refractivity contribution is 5.89. The van der Waals surface area contributed by atoms with Crippen LogP contribution in [0.3, 0.4) is 0 Å². The normalized spacial score (nSPS) is 24.8. The van der Waals surface area contributed by atoms with E-state index in [-0.39, 0.29) is 6.61 Å². The molecule has 0 radical (unpaired) electrons. The van der Waals surface area contributed by atoms with Crippen molar-refractivity contribution in [1.29, 1.82) is 0 Å². The number of ether oxygens (including phenoxy) is 3. The molecule has 4 heterocycles. The molecule has 1 fully saturated rings. The smallest absolute Gasteiger partial charge is 0.338 e. The predicted molar refractivity (Wildman–Crippen MR) is 132 cm³/mol. The second kappa shape index (κ2) is 9.86. The molecule has 5 rings (SSSR count). The minimum Gasteiger partial charge on any atom is -0.467 e. The van der Waals surface area contributed by atoms with Gasteiger partial charge in [-0.25, -0.2) is 24.1 Å². The summed E-state index contributed by atoms with van der Waals surface area (Å²) in [5.74, 6) is -0.213. The third-order valence-electron chi connectivity index (χ3n) is 6.69. The van der Waals surface area contributed by atoms with Gasteiger partial charge in [-0.05, 0) is 38.1 Å². The largest absolute Gasteiger partial charge is 0.467 e. The summed E-state index contributed by atoms with van der Waals surface area (Å²) < 4.78 is 40.4. The number of aromatic nitrogens is 4. The van der Waals surface area contributed by atoms with Crippen LogP contribution in [0.5, 0.6) is 0 Å². The first-order valence-electron chi connectivity index (χ1n) is 11.9. The number of carbonyl (C=O) groups excluding carboxylic acids is 2. The van der Waals surface area contributed by atoms with Crippen molar-refractivity contribution in [3.8, 4) is 0 Å². The zero-order chi connectivity index (χ0) is 26.9. The summed E-state index contributed by atoms with van der Waals surface area (Å²) in [6, 6.07) is 11.9. The van der Waals surface area contributed by atoms with Crippen LogP contribution in [0.2, 0.25) is 0 Å². The molecule has 1 N–H and O–H groups in total. The maximum atomic E-state index is 16.6. The van der Waals surface area contributed by atoms with Crippen LogP contribution < -0.4 is 5.32 Å². The van der Waals surface area contributed by atoms with Crippen LogP contribution >= 0.6 is 0 Å². The summed E-state index contributed by atoms with van der Waals surface area (Å²) in [7, 11) is 0. The van der Waals surface area contributed by atoms with Crippen molar-refractivity contribution < 1.29 is 32.6 Å². The number of nitrogens with one attached hydrogen (secondary N) is 1. The lowest BCUT2D eigenvalue weighted by Gasteiger charge is -2.36. The van der Waals surface area contributed by atoms with Gasteiger partial charge in [0.05, 0.1) is 24.7 Å². The fourth-order valence-electron chi connectivity index (χ4n) is 4.51. The summed E-state index contributed by atoms with van der Waals surface area (Å²) in [6.45, 7) is 3.86. The van der Waals surface area contributed by atoms with Crippen molar-refractivity contribution in [1.82, 2.24) is 19.5 Å². The van der Waals surface area contributed by atoms with Crippen LogP contribution in [-0.2, 0) is 25.5 Å². The number of rotatable bonds is 8. The molecule has 0 saturated carbocycles. The van der Waals surface area contributed by atoms with E-state index in [1.165, 1.54) is 38.0 Å². The van der Waals surface area contributed by atoms with E-state index in [1.807, 2.05) is 6.07 Å². The fraction of sp³-hybridized carbons (Fsp3) is 0.346. The molecule has 11 nitrogen and oxygen atoms in total. The highest BCUT2D eigenvalue weighted by atomic mass is 19.1. The lowest BCUT2D eigenvalue weighted by Crippen LogP contribution is -2.55. The lowest BCUT2D eigenvalue weighted by molar-refractivity contribution is -0.175. The van der Waals surface area contributed by atoms with Gasteiger partial charge in [-0.15, -0.1) is 0 Å². The van der Waals surface area contributed by atoms with Gasteiger partial charge in [-0.2, -0.15) is 0 Å². The Balaban J connectivity index is 1.43. The number of esters is 2. The molecule has 1 saturated heterocycles. The zero-order valence-electron chi connectivity index (χ0n) is 21.0. The molecule has 4 aromatic rings. The second-order valence-electron chi connectivity index (χ2n) is 9.20. The van der Waals surface area contributed by atoms with E-state index in [0.717, 1.165) is 0 Å². The number of halogens is 1. The molecular formula is C26H26FN5O6. The quantitative estimate of drug-likeness (QED) is 0.340. The minimum absolute atomic E-state index is 0.294. The summed E-state index contributed by atoms with van der Waals surface area (Å²) in [6.07, 6.45) is 1.82. The Morgan fingerprint density at radius 1 is 1.13 bits per heavy atom. The van der Waals surface area contributed by atoms with Crippen molar-refractivity contribution >= 4 is 28.9 Å². The third-order valence-corrected chi connectivity index (χ3v) is 6.69. The van der Waals surface area contributed by atoms with E-state index < -0.39 is 35.5 Å². The SMILES string of the molecule is CC(=O)O[C@]1(C)[C@@H](COC(=O)c2ccccc2)O[C@@H](n2cnc3c(NCc4ccco4)ncnc32)[C@]1(C)F. The van der Waals surface area contributed by atoms with Gasteiger partial charge in [0.2, 0.25) is 0 Å². The van der Waals surface area contributed by atoms with E-state index >= 15 is 4.39 Å². The van der Waals surface area contributed by atoms with Gasteiger partial charge in [-0.1, -0.05) is 18.2 Å². The first-order chi connectivity index (χ1) is 18.2. The highest BCUT2D eigenvalue weighted by Gasteiger charge is 2.66. The summed E-state index contributed by atoms with van der Waals surface area (Å²) in [4.78, 5) is 37.5. The van der Waals surface area contributed by atoms with Crippen molar-refractivity contribution in [2.75, 3.05) is 11.9 Å². The molecule has 0 amide bonds. The van der Waals surface area contributed by atoms with Gasteiger partial charge in [-0.3, -0.25) is 9.36 Å². The van der Waals surface area contributed by atoms with E-state index in [0.29, 0.717) is 34.9 Å².